The zero-order chi connectivity index (χ0) is 17.3. The van der Waals surface area contributed by atoms with Crippen LogP contribution >= 0.6 is 11.8 Å². The molecule has 0 aliphatic carbocycles. The highest BCUT2D eigenvalue weighted by atomic mass is 32.2. The van der Waals surface area contributed by atoms with Gasteiger partial charge < -0.3 is 15.3 Å². The molecule has 0 bridgehead atoms. The fourth-order valence-corrected chi connectivity index (χ4v) is 2.99. The molecule has 2 heterocycles. The highest BCUT2D eigenvalue weighted by molar-refractivity contribution is 7.99. The first kappa shape index (κ1) is 16.3. The standard InChI is InChI=1S/C17H18N4O2S/c1-9-4-5-12-13(6-9)21-17(20-12)24-8-15(22)19-14-7-10(2)11(3)18-16(14)23/h4-7H,8H2,1-3H3,(H,18,23)(H,19,22)(H,20,21). The van der Waals surface area contributed by atoms with Crippen LogP contribution in [0.3, 0.4) is 0 Å². The Hall–Kier alpha value is -2.54. The number of anilines is 1. The quantitative estimate of drug-likeness (QED) is 0.636. The van der Waals surface area contributed by atoms with Crippen molar-refractivity contribution in [3.05, 3.63) is 51.4 Å². The molecule has 0 unspecified atom stereocenters. The first-order valence-corrected chi connectivity index (χ1v) is 8.50. The molecule has 0 spiro atoms. The Kier molecular flexibility index (Phi) is 4.44. The van der Waals surface area contributed by atoms with Crippen molar-refractivity contribution in [2.24, 2.45) is 0 Å². The second-order valence-corrected chi connectivity index (χ2v) is 6.68. The fourth-order valence-electron chi connectivity index (χ4n) is 2.31. The van der Waals surface area contributed by atoms with Gasteiger partial charge in [0.25, 0.3) is 5.56 Å². The number of thioether (sulfide) groups is 1. The molecule has 6 nitrogen and oxygen atoms in total. The Morgan fingerprint density at radius 1 is 1.21 bits per heavy atom. The van der Waals surface area contributed by atoms with Gasteiger partial charge >= 0.3 is 0 Å². The summed E-state index contributed by atoms with van der Waals surface area (Å²) in [6, 6.07) is 7.64. The molecule has 0 saturated heterocycles. The van der Waals surface area contributed by atoms with Gasteiger partial charge in [-0.3, -0.25) is 9.59 Å². The van der Waals surface area contributed by atoms with Gasteiger partial charge in [0.1, 0.15) is 5.69 Å². The summed E-state index contributed by atoms with van der Waals surface area (Å²) in [7, 11) is 0. The molecule has 0 aliphatic heterocycles. The van der Waals surface area contributed by atoms with E-state index in [4.69, 9.17) is 0 Å². The first-order valence-electron chi connectivity index (χ1n) is 7.52. The second kappa shape index (κ2) is 6.52. The van der Waals surface area contributed by atoms with Crippen molar-refractivity contribution in [3.8, 4) is 0 Å². The third-order valence-electron chi connectivity index (χ3n) is 3.73. The zero-order valence-electron chi connectivity index (χ0n) is 13.7. The molecule has 0 atom stereocenters. The van der Waals surface area contributed by atoms with Crippen molar-refractivity contribution in [1.82, 2.24) is 15.0 Å². The molecular weight excluding hydrogens is 324 g/mol. The maximum absolute atomic E-state index is 12.1. The number of pyridine rings is 1. The van der Waals surface area contributed by atoms with Crippen molar-refractivity contribution in [2.45, 2.75) is 25.9 Å². The second-order valence-electron chi connectivity index (χ2n) is 5.72. The summed E-state index contributed by atoms with van der Waals surface area (Å²) in [5.74, 6) is -0.0732. The fraction of sp³-hybridized carbons (Fsp3) is 0.235. The molecule has 124 valence electrons. The number of amides is 1. The summed E-state index contributed by atoms with van der Waals surface area (Å²) in [5.41, 5.74) is 4.65. The largest absolute Gasteiger partial charge is 0.333 e. The van der Waals surface area contributed by atoms with Crippen molar-refractivity contribution in [1.29, 1.82) is 0 Å². The third kappa shape index (κ3) is 3.51. The lowest BCUT2D eigenvalue weighted by atomic mass is 10.2. The molecule has 7 heteroatoms. The number of nitrogens with zero attached hydrogens (tertiary/aromatic N) is 1. The van der Waals surface area contributed by atoms with Crippen LogP contribution in [0, 0.1) is 20.8 Å². The van der Waals surface area contributed by atoms with Crippen molar-refractivity contribution in [2.75, 3.05) is 11.1 Å². The van der Waals surface area contributed by atoms with E-state index in [-0.39, 0.29) is 22.9 Å². The molecule has 0 radical (unpaired) electrons. The summed E-state index contributed by atoms with van der Waals surface area (Å²) in [5, 5.41) is 3.33. The third-order valence-corrected chi connectivity index (χ3v) is 4.60. The summed E-state index contributed by atoms with van der Waals surface area (Å²) >= 11 is 1.30. The van der Waals surface area contributed by atoms with Gasteiger partial charge in [0.2, 0.25) is 5.91 Å². The van der Waals surface area contributed by atoms with Gasteiger partial charge in [-0.05, 0) is 50.1 Å². The van der Waals surface area contributed by atoms with Gasteiger partial charge in [0, 0.05) is 5.69 Å². The molecule has 1 aromatic carbocycles. The average molecular weight is 342 g/mol. The van der Waals surface area contributed by atoms with E-state index in [1.165, 1.54) is 11.8 Å². The minimum absolute atomic E-state index is 0.172. The van der Waals surface area contributed by atoms with Crippen molar-refractivity contribution >= 4 is 34.4 Å². The van der Waals surface area contributed by atoms with E-state index < -0.39 is 0 Å². The summed E-state index contributed by atoms with van der Waals surface area (Å²) < 4.78 is 0. The van der Waals surface area contributed by atoms with E-state index in [9.17, 15) is 9.59 Å². The van der Waals surface area contributed by atoms with Gasteiger partial charge in [-0.2, -0.15) is 0 Å². The Morgan fingerprint density at radius 2 is 2.00 bits per heavy atom. The van der Waals surface area contributed by atoms with Gasteiger partial charge in [0.05, 0.1) is 16.8 Å². The minimum Gasteiger partial charge on any atom is -0.333 e. The summed E-state index contributed by atoms with van der Waals surface area (Å²) in [6.07, 6.45) is 0. The molecule has 3 N–H and O–H groups in total. The number of benzene rings is 1. The van der Waals surface area contributed by atoms with Crippen molar-refractivity contribution < 1.29 is 4.79 Å². The van der Waals surface area contributed by atoms with Gasteiger partial charge in [0.15, 0.2) is 5.16 Å². The van der Waals surface area contributed by atoms with Crippen molar-refractivity contribution in [3.63, 3.8) is 0 Å². The van der Waals surface area contributed by atoms with Crippen LogP contribution in [0.2, 0.25) is 0 Å². The molecule has 0 fully saturated rings. The number of aromatic amines is 2. The lowest BCUT2D eigenvalue weighted by Gasteiger charge is -2.06. The van der Waals surface area contributed by atoms with E-state index >= 15 is 0 Å². The van der Waals surface area contributed by atoms with Crippen LogP contribution in [0.25, 0.3) is 11.0 Å². The molecule has 24 heavy (non-hydrogen) atoms. The van der Waals surface area contributed by atoms with Crippen LogP contribution in [-0.2, 0) is 4.79 Å². The first-order chi connectivity index (χ1) is 11.4. The maximum Gasteiger partial charge on any atom is 0.271 e. The number of hydrogen-bond acceptors (Lipinski definition) is 4. The minimum atomic E-state index is -0.296. The van der Waals surface area contributed by atoms with Crippen LogP contribution in [0.4, 0.5) is 5.69 Å². The van der Waals surface area contributed by atoms with E-state index in [0.29, 0.717) is 5.16 Å². The number of rotatable bonds is 4. The number of carbonyl (C=O) groups is 1. The predicted molar refractivity (Wildman–Crippen MR) is 96.7 cm³/mol. The van der Waals surface area contributed by atoms with Crippen LogP contribution in [-0.4, -0.2) is 26.6 Å². The highest BCUT2D eigenvalue weighted by Crippen LogP contribution is 2.20. The summed E-state index contributed by atoms with van der Waals surface area (Å²) in [4.78, 5) is 34.3. The lowest BCUT2D eigenvalue weighted by Crippen LogP contribution is -2.22. The number of H-pyrrole nitrogens is 2. The number of nitrogens with one attached hydrogen (secondary N) is 3. The zero-order valence-corrected chi connectivity index (χ0v) is 14.5. The Morgan fingerprint density at radius 3 is 2.79 bits per heavy atom. The molecular formula is C17H18N4O2S. The topological polar surface area (TPSA) is 90.6 Å². The molecule has 1 amide bonds. The van der Waals surface area contributed by atoms with E-state index in [0.717, 1.165) is 27.9 Å². The van der Waals surface area contributed by atoms with E-state index in [2.05, 4.69) is 20.3 Å². The van der Waals surface area contributed by atoms with Crippen LogP contribution in [0.5, 0.6) is 0 Å². The van der Waals surface area contributed by atoms with Crippen LogP contribution in [0.1, 0.15) is 16.8 Å². The van der Waals surface area contributed by atoms with Gasteiger partial charge in [-0.25, -0.2) is 4.98 Å². The number of aromatic nitrogens is 3. The van der Waals surface area contributed by atoms with Crippen LogP contribution < -0.4 is 10.9 Å². The normalized spacial score (nSPS) is 11.0. The summed E-state index contributed by atoms with van der Waals surface area (Å²) in [6.45, 7) is 5.72. The Balaban J connectivity index is 1.66. The smallest absolute Gasteiger partial charge is 0.271 e. The molecule has 0 saturated carbocycles. The average Bonchev–Trinajstić information content (AvgIpc) is 2.92. The van der Waals surface area contributed by atoms with Gasteiger partial charge in [-0.15, -0.1) is 0 Å². The maximum atomic E-state index is 12.1. The molecule has 0 aliphatic rings. The number of fused-ring (bicyclic) bond motifs is 1. The SMILES string of the molecule is Cc1ccc2nc(SCC(=O)Nc3cc(C)c(C)[nH]c3=O)[nH]c2c1. The number of hydrogen-bond donors (Lipinski definition) is 3. The van der Waals surface area contributed by atoms with E-state index in [1.807, 2.05) is 39.0 Å². The Labute approximate surface area is 143 Å². The molecule has 3 aromatic rings. The monoisotopic (exact) mass is 342 g/mol. The predicted octanol–water partition coefficient (Wildman–Crippen LogP) is 2.91. The highest BCUT2D eigenvalue weighted by Gasteiger charge is 2.10. The Bertz CT molecular complexity index is 974. The lowest BCUT2D eigenvalue weighted by molar-refractivity contribution is -0.113. The van der Waals surface area contributed by atoms with E-state index in [1.54, 1.807) is 6.07 Å². The molecule has 2 aromatic heterocycles. The molecule has 3 rings (SSSR count). The number of imidazole rings is 1. The van der Waals surface area contributed by atoms with Gasteiger partial charge in [-0.1, -0.05) is 17.8 Å². The van der Waals surface area contributed by atoms with Crippen LogP contribution in [0.15, 0.2) is 34.2 Å². The number of carbonyl (C=O) groups excluding carboxylic acids is 1. The number of aryl methyl sites for hydroxylation is 3.